The average molecular weight is 433 g/mol. The van der Waals surface area contributed by atoms with Crippen LogP contribution in [0.3, 0.4) is 0 Å². The van der Waals surface area contributed by atoms with E-state index in [1.165, 1.54) is 24.6 Å². The smallest absolute Gasteiger partial charge is 0.251 e. The third-order valence-electron chi connectivity index (χ3n) is 5.66. The topological polar surface area (TPSA) is 75.9 Å². The van der Waals surface area contributed by atoms with E-state index in [0.717, 1.165) is 45.9 Å². The number of carbonyl (C=O) groups is 1. The summed E-state index contributed by atoms with van der Waals surface area (Å²) >= 11 is 1.54. The molecular weight excluding hydrogens is 408 g/mol. The number of rotatable bonds is 6. The van der Waals surface area contributed by atoms with Gasteiger partial charge in [0.05, 0.1) is 18.1 Å². The van der Waals surface area contributed by atoms with E-state index in [1.54, 1.807) is 0 Å². The third kappa shape index (κ3) is 3.95. The molecule has 7 nitrogen and oxygen atoms in total. The van der Waals surface area contributed by atoms with Crippen molar-refractivity contribution in [3.8, 4) is 0 Å². The molecule has 0 aliphatic carbocycles. The van der Waals surface area contributed by atoms with E-state index < -0.39 is 0 Å². The van der Waals surface area contributed by atoms with Crippen LogP contribution in [-0.4, -0.2) is 51.5 Å². The van der Waals surface area contributed by atoms with Crippen molar-refractivity contribution in [3.05, 3.63) is 54.2 Å². The quantitative estimate of drug-likeness (QED) is 0.370. The Balaban J connectivity index is 1.32. The van der Waals surface area contributed by atoms with E-state index in [2.05, 4.69) is 20.3 Å². The van der Waals surface area contributed by atoms with Gasteiger partial charge in [0.25, 0.3) is 5.91 Å². The predicted molar refractivity (Wildman–Crippen MR) is 125 cm³/mol. The zero-order valence-corrected chi connectivity index (χ0v) is 18.2. The Labute approximate surface area is 184 Å². The lowest BCUT2D eigenvalue weighted by Gasteiger charge is -2.17. The Kier molecular flexibility index (Phi) is 5.46. The predicted octanol–water partition coefficient (Wildman–Crippen LogP) is 3.73. The molecule has 5 rings (SSSR count). The summed E-state index contributed by atoms with van der Waals surface area (Å²) in [4.78, 5) is 24.4. The summed E-state index contributed by atoms with van der Waals surface area (Å²) in [6.45, 7) is 3.06. The van der Waals surface area contributed by atoms with Gasteiger partial charge in [-0.05, 0) is 42.0 Å². The van der Waals surface area contributed by atoms with Crippen molar-refractivity contribution in [2.75, 3.05) is 30.8 Å². The Bertz CT molecular complexity index is 1250. The molecular formula is C23H24N6OS. The van der Waals surface area contributed by atoms with Gasteiger partial charge in [-0.3, -0.25) is 4.79 Å². The number of amides is 1. The largest absolute Gasteiger partial charge is 0.356 e. The molecule has 158 valence electrons. The lowest BCUT2D eigenvalue weighted by molar-refractivity contribution is 0.0952. The molecule has 0 unspecified atom stereocenters. The van der Waals surface area contributed by atoms with Gasteiger partial charge in [-0.15, -0.1) is 0 Å². The zero-order valence-electron chi connectivity index (χ0n) is 17.4. The minimum Gasteiger partial charge on any atom is -0.356 e. The molecule has 1 aliphatic rings. The highest BCUT2D eigenvalue weighted by molar-refractivity contribution is 7.98. The maximum atomic E-state index is 12.6. The molecule has 0 saturated carbocycles. The van der Waals surface area contributed by atoms with Crippen LogP contribution in [0.4, 0.5) is 5.82 Å². The summed E-state index contributed by atoms with van der Waals surface area (Å²) in [5.41, 5.74) is 1.48. The van der Waals surface area contributed by atoms with Crippen molar-refractivity contribution >= 4 is 45.3 Å². The van der Waals surface area contributed by atoms with Gasteiger partial charge in [0.2, 0.25) is 0 Å². The normalized spacial score (nSPS) is 13.9. The summed E-state index contributed by atoms with van der Waals surface area (Å²) < 4.78 is 1.86. The Morgan fingerprint density at radius 3 is 2.71 bits per heavy atom. The van der Waals surface area contributed by atoms with Crippen LogP contribution in [0.5, 0.6) is 0 Å². The van der Waals surface area contributed by atoms with Crippen LogP contribution < -0.4 is 10.2 Å². The number of thioether (sulfide) groups is 1. The van der Waals surface area contributed by atoms with E-state index in [9.17, 15) is 4.79 Å². The molecule has 3 heterocycles. The molecule has 2 aromatic carbocycles. The van der Waals surface area contributed by atoms with Gasteiger partial charge in [-0.2, -0.15) is 5.10 Å². The van der Waals surface area contributed by atoms with E-state index >= 15 is 0 Å². The molecule has 4 aromatic rings. The maximum absolute atomic E-state index is 12.6. The summed E-state index contributed by atoms with van der Waals surface area (Å²) in [5.74, 6) is 0.887. The highest BCUT2D eigenvalue weighted by Gasteiger charge is 2.20. The Morgan fingerprint density at radius 2 is 1.90 bits per heavy atom. The highest BCUT2D eigenvalue weighted by Crippen LogP contribution is 2.28. The lowest BCUT2D eigenvalue weighted by Crippen LogP contribution is -2.27. The van der Waals surface area contributed by atoms with Gasteiger partial charge >= 0.3 is 0 Å². The van der Waals surface area contributed by atoms with Crippen molar-refractivity contribution in [1.29, 1.82) is 0 Å². The van der Waals surface area contributed by atoms with Crippen LogP contribution in [0.25, 0.3) is 21.8 Å². The van der Waals surface area contributed by atoms with Crippen LogP contribution in [0, 0.1) is 0 Å². The molecule has 0 atom stereocenters. The van der Waals surface area contributed by atoms with Crippen LogP contribution in [-0.2, 0) is 6.54 Å². The zero-order chi connectivity index (χ0) is 21.2. The number of anilines is 1. The van der Waals surface area contributed by atoms with Crippen molar-refractivity contribution in [2.45, 2.75) is 24.5 Å². The molecule has 2 aromatic heterocycles. The van der Waals surface area contributed by atoms with E-state index in [4.69, 9.17) is 4.98 Å². The monoisotopic (exact) mass is 432 g/mol. The van der Waals surface area contributed by atoms with Crippen LogP contribution >= 0.6 is 11.8 Å². The van der Waals surface area contributed by atoms with Crippen molar-refractivity contribution in [2.24, 2.45) is 0 Å². The van der Waals surface area contributed by atoms with Crippen LogP contribution in [0.15, 0.2) is 53.8 Å². The second-order valence-corrected chi connectivity index (χ2v) is 8.42. The van der Waals surface area contributed by atoms with Crippen molar-refractivity contribution < 1.29 is 4.79 Å². The molecule has 0 spiro atoms. The number of fused-ring (bicyclic) bond motifs is 2. The first-order valence-corrected chi connectivity index (χ1v) is 11.7. The van der Waals surface area contributed by atoms with Gasteiger partial charge in [0.1, 0.15) is 5.82 Å². The number of nitrogens with one attached hydrogen (secondary N) is 1. The van der Waals surface area contributed by atoms with E-state index in [0.29, 0.717) is 18.7 Å². The lowest BCUT2D eigenvalue weighted by atomic mass is 10.1. The first-order chi connectivity index (χ1) is 15.2. The SMILES string of the molecule is CSc1nc(N2CCCC2)c2cnn(CCNC(=O)c3ccc4ccccc4c3)c2n1. The molecule has 0 bridgehead atoms. The fraction of sp³-hybridized carbons (Fsp3) is 0.304. The molecule has 0 radical (unpaired) electrons. The van der Waals surface area contributed by atoms with E-state index in [-0.39, 0.29) is 5.91 Å². The van der Waals surface area contributed by atoms with E-state index in [1.807, 2.05) is 59.6 Å². The highest BCUT2D eigenvalue weighted by atomic mass is 32.2. The van der Waals surface area contributed by atoms with Gasteiger partial charge in [-0.1, -0.05) is 42.1 Å². The summed E-state index contributed by atoms with van der Waals surface area (Å²) in [7, 11) is 0. The number of benzene rings is 2. The number of hydrogen-bond donors (Lipinski definition) is 1. The molecule has 1 saturated heterocycles. The second kappa shape index (κ2) is 8.55. The first-order valence-electron chi connectivity index (χ1n) is 10.5. The standard InChI is InChI=1S/C23H24N6OS/c1-31-23-26-20(28-11-4-5-12-28)19-15-25-29(21(19)27-23)13-10-24-22(30)18-9-8-16-6-2-3-7-17(16)14-18/h2-3,6-9,14-15H,4-5,10-13H2,1H3,(H,24,30). The molecule has 1 aliphatic heterocycles. The van der Waals surface area contributed by atoms with Crippen molar-refractivity contribution in [1.82, 2.24) is 25.1 Å². The molecule has 1 N–H and O–H groups in total. The van der Waals surface area contributed by atoms with Gasteiger partial charge in [-0.25, -0.2) is 14.6 Å². The van der Waals surface area contributed by atoms with Crippen molar-refractivity contribution in [3.63, 3.8) is 0 Å². The number of nitrogens with zero attached hydrogens (tertiary/aromatic N) is 5. The fourth-order valence-corrected chi connectivity index (χ4v) is 4.41. The fourth-order valence-electron chi connectivity index (χ4n) is 4.05. The molecule has 8 heteroatoms. The first kappa shape index (κ1) is 19.8. The maximum Gasteiger partial charge on any atom is 0.251 e. The van der Waals surface area contributed by atoms with Gasteiger partial charge in [0.15, 0.2) is 10.8 Å². The molecule has 31 heavy (non-hydrogen) atoms. The van der Waals surface area contributed by atoms with Crippen LogP contribution in [0.1, 0.15) is 23.2 Å². The number of aromatic nitrogens is 4. The number of hydrogen-bond acceptors (Lipinski definition) is 6. The Morgan fingerprint density at radius 1 is 1.10 bits per heavy atom. The summed E-state index contributed by atoms with van der Waals surface area (Å²) in [6, 6.07) is 13.8. The molecule has 1 amide bonds. The Hall–Kier alpha value is -3.13. The average Bonchev–Trinajstić information content (AvgIpc) is 3.48. The third-order valence-corrected chi connectivity index (χ3v) is 6.21. The van der Waals surface area contributed by atoms with Gasteiger partial charge in [0, 0.05) is 25.2 Å². The van der Waals surface area contributed by atoms with Gasteiger partial charge < -0.3 is 10.2 Å². The van der Waals surface area contributed by atoms with Crippen LogP contribution in [0.2, 0.25) is 0 Å². The minimum atomic E-state index is -0.0839. The summed E-state index contributed by atoms with van der Waals surface area (Å²) in [5, 5.41) is 11.5. The molecule has 1 fully saturated rings. The second-order valence-electron chi connectivity index (χ2n) is 7.65. The number of carbonyl (C=O) groups excluding carboxylic acids is 1. The minimum absolute atomic E-state index is 0.0839. The summed E-state index contributed by atoms with van der Waals surface area (Å²) in [6.07, 6.45) is 6.21.